The minimum Gasteiger partial charge on any atom is -0.486 e. The predicted octanol–water partition coefficient (Wildman–Crippen LogP) is 3.22. The van der Waals surface area contributed by atoms with Crippen molar-refractivity contribution in [3.8, 4) is 22.9 Å². The summed E-state index contributed by atoms with van der Waals surface area (Å²) < 4.78 is 10.9. The summed E-state index contributed by atoms with van der Waals surface area (Å²) >= 11 is 11.7. The van der Waals surface area contributed by atoms with Gasteiger partial charge in [0.1, 0.15) is 23.5 Å². The maximum atomic E-state index is 5.85. The van der Waals surface area contributed by atoms with E-state index in [0.29, 0.717) is 35.1 Å². The predicted molar refractivity (Wildman–Crippen MR) is 68.5 cm³/mol. The van der Waals surface area contributed by atoms with Crippen LogP contribution in [0.2, 0.25) is 10.3 Å². The van der Waals surface area contributed by atoms with Gasteiger partial charge in [0.25, 0.3) is 0 Å². The zero-order valence-electron chi connectivity index (χ0n) is 9.19. The van der Waals surface area contributed by atoms with Crippen molar-refractivity contribution in [1.82, 2.24) is 9.97 Å². The van der Waals surface area contributed by atoms with Crippen molar-refractivity contribution in [2.24, 2.45) is 0 Å². The van der Waals surface area contributed by atoms with Crippen LogP contribution < -0.4 is 9.47 Å². The molecule has 0 saturated carbocycles. The van der Waals surface area contributed by atoms with Crippen molar-refractivity contribution in [1.29, 1.82) is 0 Å². The van der Waals surface area contributed by atoms with E-state index in [9.17, 15) is 0 Å². The van der Waals surface area contributed by atoms with E-state index in [2.05, 4.69) is 9.97 Å². The molecule has 0 spiro atoms. The van der Waals surface area contributed by atoms with E-state index in [0.717, 1.165) is 11.3 Å². The van der Waals surface area contributed by atoms with Crippen LogP contribution in [-0.4, -0.2) is 23.2 Å². The van der Waals surface area contributed by atoms with Crippen molar-refractivity contribution in [2.45, 2.75) is 0 Å². The number of ether oxygens (including phenoxy) is 2. The van der Waals surface area contributed by atoms with Crippen molar-refractivity contribution in [3.63, 3.8) is 0 Å². The van der Waals surface area contributed by atoms with Crippen LogP contribution in [-0.2, 0) is 0 Å². The average molecular weight is 283 g/mol. The summed E-state index contributed by atoms with van der Waals surface area (Å²) in [6.07, 6.45) is 0. The van der Waals surface area contributed by atoms with Gasteiger partial charge in [0.15, 0.2) is 17.3 Å². The Bertz CT molecular complexity index is 584. The van der Waals surface area contributed by atoms with Crippen LogP contribution in [0.25, 0.3) is 11.4 Å². The molecule has 3 rings (SSSR count). The fraction of sp³-hybridized carbons (Fsp3) is 0.167. The minimum absolute atomic E-state index is 0.305. The number of benzene rings is 1. The molecule has 1 aliphatic heterocycles. The highest BCUT2D eigenvalue weighted by molar-refractivity contribution is 6.33. The van der Waals surface area contributed by atoms with E-state index in [1.54, 1.807) is 0 Å². The Kier molecular flexibility index (Phi) is 2.97. The molecule has 1 aromatic carbocycles. The van der Waals surface area contributed by atoms with Gasteiger partial charge < -0.3 is 9.47 Å². The smallest absolute Gasteiger partial charge is 0.162 e. The lowest BCUT2D eigenvalue weighted by Crippen LogP contribution is -2.15. The van der Waals surface area contributed by atoms with Gasteiger partial charge in [-0.15, -0.1) is 0 Å². The molecule has 0 bridgehead atoms. The summed E-state index contributed by atoms with van der Waals surface area (Å²) in [6.45, 7) is 1.10. The Morgan fingerprint density at radius 3 is 2.28 bits per heavy atom. The maximum Gasteiger partial charge on any atom is 0.162 e. The van der Waals surface area contributed by atoms with E-state index < -0.39 is 0 Å². The van der Waals surface area contributed by atoms with E-state index in [4.69, 9.17) is 32.7 Å². The second-order valence-electron chi connectivity index (χ2n) is 3.70. The van der Waals surface area contributed by atoms with Crippen molar-refractivity contribution in [2.75, 3.05) is 13.2 Å². The zero-order valence-corrected chi connectivity index (χ0v) is 10.7. The molecule has 0 amide bonds. The van der Waals surface area contributed by atoms with E-state index in [-0.39, 0.29) is 0 Å². The first-order chi connectivity index (χ1) is 8.72. The van der Waals surface area contributed by atoms with Gasteiger partial charge in [-0.1, -0.05) is 23.2 Å². The highest BCUT2D eigenvalue weighted by Gasteiger charge is 2.14. The van der Waals surface area contributed by atoms with Gasteiger partial charge in [-0.05, 0) is 18.2 Å². The summed E-state index contributed by atoms with van der Waals surface area (Å²) in [4.78, 5) is 8.25. The molecule has 0 unspecified atom stereocenters. The van der Waals surface area contributed by atoms with E-state index >= 15 is 0 Å². The zero-order chi connectivity index (χ0) is 12.5. The summed E-state index contributed by atoms with van der Waals surface area (Å²) in [5.74, 6) is 1.86. The fourth-order valence-electron chi connectivity index (χ4n) is 1.70. The number of hydrogen-bond acceptors (Lipinski definition) is 4. The average Bonchev–Trinajstić information content (AvgIpc) is 2.37. The summed E-state index contributed by atoms with van der Waals surface area (Å²) in [5.41, 5.74) is 0.781. The Hall–Kier alpha value is -1.52. The molecule has 2 aromatic rings. The highest BCUT2D eigenvalue weighted by atomic mass is 35.5. The monoisotopic (exact) mass is 282 g/mol. The second kappa shape index (κ2) is 4.63. The molecule has 0 fully saturated rings. The number of hydrogen-bond donors (Lipinski definition) is 0. The Morgan fingerprint density at radius 1 is 0.889 bits per heavy atom. The molecule has 2 heterocycles. The highest BCUT2D eigenvalue weighted by Crippen LogP contribution is 2.34. The first kappa shape index (κ1) is 11.6. The summed E-state index contributed by atoms with van der Waals surface area (Å²) in [6, 6.07) is 6.97. The molecule has 0 atom stereocenters. The van der Waals surface area contributed by atoms with Gasteiger partial charge in [0.2, 0.25) is 0 Å². The van der Waals surface area contributed by atoms with Gasteiger partial charge in [-0.2, -0.15) is 0 Å². The molecule has 0 saturated heterocycles. The van der Waals surface area contributed by atoms with E-state index in [1.807, 2.05) is 18.2 Å². The number of aromatic nitrogens is 2. The topological polar surface area (TPSA) is 44.2 Å². The van der Waals surface area contributed by atoms with Crippen LogP contribution in [0.4, 0.5) is 0 Å². The summed E-state index contributed by atoms with van der Waals surface area (Å²) in [7, 11) is 0. The molecule has 18 heavy (non-hydrogen) atoms. The molecule has 0 N–H and O–H groups in total. The molecule has 6 heteroatoms. The molecule has 0 radical (unpaired) electrons. The molecule has 1 aliphatic rings. The van der Waals surface area contributed by atoms with Crippen LogP contribution in [0.5, 0.6) is 11.5 Å². The van der Waals surface area contributed by atoms with Crippen molar-refractivity contribution < 1.29 is 9.47 Å². The number of halogens is 2. The SMILES string of the molecule is Clc1cc(Cl)nc(-c2ccc3c(c2)OCCO3)n1. The fourth-order valence-corrected chi connectivity index (χ4v) is 2.12. The van der Waals surface area contributed by atoms with Gasteiger partial charge in [-0.25, -0.2) is 9.97 Å². The molecule has 92 valence electrons. The maximum absolute atomic E-state index is 5.85. The molecule has 1 aromatic heterocycles. The van der Waals surface area contributed by atoms with Gasteiger partial charge in [0.05, 0.1) is 0 Å². The lowest BCUT2D eigenvalue weighted by molar-refractivity contribution is 0.171. The lowest BCUT2D eigenvalue weighted by Gasteiger charge is -2.18. The van der Waals surface area contributed by atoms with E-state index in [1.165, 1.54) is 6.07 Å². The first-order valence-electron chi connectivity index (χ1n) is 5.32. The molecular formula is C12H8Cl2N2O2. The lowest BCUT2D eigenvalue weighted by atomic mass is 10.2. The number of fused-ring (bicyclic) bond motifs is 1. The van der Waals surface area contributed by atoms with Crippen LogP contribution >= 0.6 is 23.2 Å². The van der Waals surface area contributed by atoms with Crippen LogP contribution in [0.1, 0.15) is 0 Å². The molecule has 0 aliphatic carbocycles. The van der Waals surface area contributed by atoms with Gasteiger partial charge in [0, 0.05) is 11.6 Å². The third kappa shape index (κ3) is 2.21. The normalized spacial score (nSPS) is 13.4. The third-order valence-corrected chi connectivity index (χ3v) is 2.85. The molecular weight excluding hydrogens is 275 g/mol. The van der Waals surface area contributed by atoms with Crippen molar-refractivity contribution >= 4 is 23.2 Å². The Labute approximate surface area is 113 Å². The Balaban J connectivity index is 2.06. The number of rotatable bonds is 1. The minimum atomic E-state index is 0.305. The van der Waals surface area contributed by atoms with Crippen LogP contribution in [0, 0.1) is 0 Å². The first-order valence-corrected chi connectivity index (χ1v) is 6.08. The van der Waals surface area contributed by atoms with Gasteiger partial charge >= 0.3 is 0 Å². The second-order valence-corrected chi connectivity index (χ2v) is 4.47. The standard InChI is InChI=1S/C12H8Cl2N2O2/c13-10-6-11(14)16-12(15-10)7-1-2-8-9(5-7)18-4-3-17-8/h1-2,5-6H,3-4H2. The summed E-state index contributed by atoms with van der Waals surface area (Å²) in [5, 5.41) is 0.611. The number of nitrogens with zero attached hydrogens (tertiary/aromatic N) is 2. The Morgan fingerprint density at radius 2 is 1.56 bits per heavy atom. The molecule has 4 nitrogen and oxygen atoms in total. The van der Waals surface area contributed by atoms with Crippen LogP contribution in [0.3, 0.4) is 0 Å². The largest absolute Gasteiger partial charge is 0.486 e. The van der Waals surface area contributed by atoms with Crippen LogP contribution in [0.15, 0.2) is 24.3 Å². The van der Waals surface area contributed by atoms with Gasteiger partial charge in [-0.3, -0.25) is 0 Å². The quantitative estimate of drug-likeness (QED) is 0.754. The van der Waals surface area contributed by atoms with Crippen molar-refractivity contribution in [3.05, 3.63) is 34.6 Å². The third-order valence-electron chi connectivity index (χ3n) is 2.46.